The van der Waals surface area contributed by atoms with Gasteiger partial charge < -0.3 is 13.3 Å². The summed E-state index contributed by atoms with van der Waals surface area (Å²) in [5, 5.41) is 0. The molecular formula is C6H10F6O3Si. The molecule has 0 aliphatic carbocycles. The topological polar surface area (TPSA) is 27.7 Å². The zero-order chi connectivity index (χ0) is 13.2. The van der Waals surface area contributed by atoms with Crippen LogP contribution in [0, 0.1) is 0 Å². The molecule has 0 saturated carbocycles. The highest BCUT2D eigenvalue weighted by atomic mass is 28.4. The van der Waals surface area contributed by atoms with Crippen molar-refractivity contribution in [3.05, 3.63) is 0 Å². The smallest absolute Gasteiger partial charge is 0.376 e. The minimum Gasteiger partial charge on any atom is -0.376 e. The quantitative estimate of drug-likeness (QED) is 0.581. The normalized spacial score (nSPS) is 14.6. The van der Waals surface area contributed by atoms with Crippen molar-refractivity contribution in [2.75, 3.05) is 21.3 Å². The largest absolute Gasteiger partial charge is 0.522 e. The van der Waals surface area contributed by atoms with E-state index in [-0.39, 0.29) is 0 Å². The van der Waals surface area contributed by atoms with Gasteiger partial charge in [0, 0.05) is 21.3 Å². The van der Waals surface area contributed by atoms with E-state index < -0.39 is 26.7 Å². The van der Waals surface area contributed by atoms with Gasteiger partial charge in [-0.25, -0.2) is 0 Å². The third-order valence-corrected chi connectivity index (χ3v) is 4.93. The van der Waals surface area contributed by atoms with E-state index in [1.165, 1.54) is 0 Å². The molecule has 0 radical (unpaired) electrons. The van der Waals surface area contributed by atoms with Crippen LogP contribution in [0.3, 0.4) is 0 Å². The van der Waals surface area contributed by atoms with Crippen LogP contribution in [0.25, 0.3) is 0 Å². The maximum Gasteiger partial charge on any atom is 0.522 e. The summed E-state index contributed by atoms with van der Waals surface area (Å²) in [5.74, 6) is 0. The van der Waals surface area contributed by atoms with E-state index in [4.69, 9.17) is 0 Å². The molecule has 0 fully saturated rings. The molecular weight excluding hydrogens is 262 g/mol. The summed E-state index contributed by atoms with van der Waals surface area (Å²) in [4.78, 5) is 0. The monoisotopic (exact) mass is 272 g/mol. The minimum atomic E-state index is -5.55. The van der Waals surface area contributed by atoms with Crippen molar-refractivity contribution in [2.45, 2.75) is 17.9 Å². The lowest BCUT2D eigenvalue weighted by atomic mass is 10.4. The van der Waals surface area contributed by atoms with Gasteiger partial charge in [-0.2, -0.15) is 26.3 Å². The van der Waals surface area contributed by atoms with Crippen molar-refractivity contribution in [3.8, 4) is 0 Å². The molecule has 0 N–H and O–H groups in total. The van der Waals surface area contributed by atoms with Gasteiger partial charge in [0.25, 0.3) is 0 Å². The van der Waals surface area contributed by atoms with Crippen molar-refractivity contribution < 1.29 is 39.6 Å². The molecule has 0 atom stereocenters. The third-order valence-electron chi connectivity index (χ3n) is 1.86. The first-order valence-corrected chi connectivity index (χ1v) is 5.64. The lowest BCUT2D eigenvalue weighted by Crippen LogP contribution is -2.57. The molecule has 0 heterocycles. The summed E-state index contributed by atoms with van der Waals surface area (Å²) in [6, 6.07) is 0. The van der Waals surface area contributed by atoms with Crippen LogP contribution >= 0.6 is 0 Å². The zero-order valence-electron chi connectivity index (χ0n) is 8.57. The Labute approximate surface area is 88.6 Å². The summed E-state index contributed by atoms with van der Waals surface area (Å²) in [6.45, 7) is 0. The van der Waals surface area contributed by atoms with Crippen LogP contribution in [0.4, 0.5) is 26.3 Å². The van der Waals surface area contributed by atoms with E-state index in [1.807, 2.05) is 0 Å². The molecule has 0 saturated heterocycles. The summed E-state index contributed by atoms with van der Waals surface area (Å²) in [7, 11) is -2.81. The molecule has 0 amide bonds. The van der Waals surface area contributed by atoms with E-state index in [2.05, 4.69) is 13.3 Å². The second-order valence-corrected chi connectivity index (χ2v) is 5.74. The summed E-state index contributed by atoms with van der Waals surface area (Å²) in [5.41, 5.74) is -3.76. The highest BCUT2D eigenvalue weighted by Crippen LogP contribution is 2.50. The highest BCUT2D eigenvalue weighted by molar-refractivity contribution is 6.62. The third kappa shape index (κ3) is 3.09. The molecule has 0 aromatic carbocycles. The Morgan fingerprint density at radius 1 is 0.750 bits per heavy atom. The molecule has 0 spiro atoms. The van der Waals surface area contributed by atoms with Gasteiger partial charge in [-0.05, 0) is 0 Å². The van der Waals surface area contributed by atoms with Crippen LogP contribution in [-0.4, -0.2) is 42.5 Å². The number of alkyl halides is 6. The average Bonchev–Trinajstić information content (AvgIpc) is 2.10. The zero-order valence-corrected chi connectivity index (χ0v) is 9.57. The lowest BCUT2D eigenvalue weighted by molar-refractivity contribution is -0.245. The Morgan fingerprint density at radius 2 is 1.00 bits per heavy atom. The average molecular weight is 272 g/mol. The molecule has 0 aromatic heterocycles. The summed E-state index contributed by atoms with van der Waals surface area (Å²) >= 11 is 0. The van der Waals surface area contributed by atoms with Crippen LogP contribution in [0.2, 0.25) is 5.54 Å². The fraction of sp³-hybridized carbons (Fsp3) is 1.00. The van der Waals surface area contributed by atoms with Gasteiger partial charge in [-0.15, -0.1) is 0 Å². The predicted molar refractivity (Wildman–Crippen MR) is 42.6 cm³/mol. The number of rotatable bonds is 4. The SMILES string of the molecule is CO[Si](OC)(OC)C(C(F)(F)F)C(F)(F)F. The Kier molecular flexibility index (Phi) is 4.80. The minimum absolute atomic E-state index is 0.684. The Hall–Kier alpha value is -0.323. The Bertz CT molecular complexity index is 201. The first-order valence-electron chi connectivity index (χ1n) is 3.84. The van der Waals surface area contributed by atoms with Crippen LogP contribution in [0.1, 0.15) is 0 Å². The van der Waals surface area contributed by atoms with Crippen LogP contribution in [0.5, 0.6) is 0 Å². The van der Waals surface area contributed by atoms with Crippen LogP contribution in [0.15, 0.2) is 0 Å². The standard InChI is InChI=1S/C6H10F6O3Si/c1-13-16(14-2,15-3)4(5(7,8)9)6(10,11)12/h4H,1-3H3. The van der Waals surface area contributed by atoms with Gasteiger partial charge in [-0.3, -0.25) is 0 Å². The molecule has 3 nitrogen and oxygen atoms in total. The molecule has 0 aliphatic rings. The lowest BCUT2D eigenvalue weighted by Gasteiger charge is -2.34. The van der Waals surface area contributed by atoms with Gasteiger partial charge in [0.2, 0.25) is 5.54 Å². The van der Waals surface area contributed by atoms with Crippen molar-refractivity contribution in [3.63, 3.8) is 0 Å². The van der Waals surface area contributed by atoms with Crippen LogP contribution in [-0.2, 0) is 13.3 Å². The molecule has 98 valence electrons. The molecule has 0 bridgehead atoms. The number of hydrogen-bond donors (Lipinski definition) is 0. The van der Waals surface area contributed by atoms with Crippen molar-refractivity contribution >= 4 is 8.80 Å². The molecule has 16 heavy (non-hydrogen) atoms. The van der Waals surface area contributed by atoms with Crippen molar-refractivity contribution in [2.24, 2.45) is 0 Å². The van der Waals surface area contributed by atoms with Gasteiger partial charge in [-0.1, -0.05) is 0 Å². The molecule has 10 heteroatoms. The first-order chi connectivity index (χ1) is 7.05. The molecule has 0 aliphatic heterocycles. The fourth-order valence-electron chi connectivity index (χ4n) is 1.19. The predicted octanol–water partition coefficient (Wildman–Crippen LogP) is 2.36. The van der Waals surface area contributed by atoms with Gasteiger partial charge in [0.1, 0.15) is 0 Å². The maximum absolute atomic E-state index is 12.3. The highest BCUT2D eigenvalue weighted by Gasteiger charge is 2.72. The van der Waals surface area contributed by atoms with E-state index in [0.29, 0.717) is 21.3 Å². The summed E-state index contributed by atoms with van der Waals surface area (Å²) < 4.78 is 86.7. The summed E-state index contributed by atoms with van der Waals surface area (Å²) in [6.07, 6.45) is -11.1. The maximum atomic E-state index is 12.3. The van der Waals surface area contributed by atoms with E-state index in [0.717, 1.165) is 0 Å². The Balaban J connectivity index is 5.49. The Morgan fingerprint density at radius 3 is 1.06 bits per heavy atom. The van der Waals surface area contributed by atoms with Crippen molar-refractivity contribution in [1.29, 1.82) is 0 Å². The van der Waals surface area contributed by atoms with E-state index in [1.54, 1.807) is 0 Å². The number of hydrogen-bond acceptors (Lipinski definition) is 3. The second-order valence-electron chi connectivity index (χ2n) is 2.73. The fourth-order valence-corrected chi connectivity index (χ4v) is 3.20. The first kappa shape index (κ1) is 15.7. The van der Waals surface area contributed by atoms with E-state index >= 15 is 0 Å². The van der Waals surface area contributed by atoms with Gasteiger partial charge in [0.15, 0.2) is 0 Å². The van der Waals surface area contributed by atoms with Crippen molar-refractivity contribution in [1.82, 2.24) is 0 Å². The molecule has 0 unspecified atom stereocenters. The van der Waals surface area contributed by atoms with Gasteiger partial charge in [0.05, 0.1) is 0 Å². The van der Waals surface area contributed by atoms with E-state index in [9.17, 15) is 26.3 Å². The molecule has 0 rings (SSSR count). The second kappa shape index (κ2) is 4.90. The van der Waals surface area contributed by atoms with Crippen LogP contribution < -0.4 is 0 Å². The molecule has 0 aromatic rings. The number of halogens is 6. The van der Waals surface area contributed by atoms with Gasteiger partial charge >= 0.3 is 21.2 Å².